The number of fused-ring (bicyclic) bond motifs is 2. The minimum absolute atomic E-state index is 0.145. The van der Waals surface area contributed by atoms with Crippen molar-refractivity contribution in [2.45, 2.75) is 5.92 Å². The molecule has 0 bridgehead atoms. The fraction of sp³-hybridized carbons (Fsp3) is 0.111. The van der Waals surface area contributed by atoms with Gasteiger partial charge >= 0.3 is 7.12 Å². The van der Waals surface area contributed by atoms with E-state index in [2.05, 4.69) is 15.8 Å². The normalized spacial score (nSPS) is 14.0. The quantitative estimate of drug-likeness (QED) is 0.523. The van der Waals surface area contributed by atoms with E-state index in [4.69, 9.17) is 10.5 Å². The second-order valence-electron chi connectivity index (χ2n) is 6.13. The van der Waals surface area contributed by atoms with Crippen molar-refractivity contribution in [1.29, 1.82) is 0 Å². The SMILES string of the molecule is NCC(C(=O)Nc1ccc2cnccc2c1)c1ccc2c(c1)B(O)ON2. The molecule has 8 heteroatoms. The van der Waals surface area contributed by atoms with Crippen LogP contribution in [0.2, 0.25) is 0 Å². The molecule has 26 heavy (non-hydrogen) atoms. The van der Waals surface area contributed by atoms with Crippen molar-refractivity contribution in [1.82, 2.24) is 4.98 Å². The largest absolute Gasteiger partial charge is 0.516 e. The highest BCUT2D eigenvalue weighted by Gasteiger charge is 2.30. The number of rotatable bonds is 4. The number of carbonyl (C=O) groups is 1. The minimum Gasteiger partial charge on any atom is -0.422 e. The molecular formula is C18H17BN4O3. The van der Waals surface area contributed by atoms with E-state index >= 15 is 0 Å². The maximum absolute atomic E-state index is 12.7. The lowest BCUT2D eigenvalue weighted by Gasteiger charge is -2.16. The van der Waals surface area contributed by atoms with E-state index in [0.29, 0.717) is 16.8 Å². The lowest BCUT2D eigenvalue weighted by molar-refractivity contribution is -0.117. The Morgan fingerprint density at radius 2 is 2.15 bits per heavy atom. The van der Waals surface area contributed by atoms with Gasteiger partial charge in [0.25, 0.3) is 0 Å². The molecule has 5 N–H and O–H groups in total. The highest BCUT2D eigenvalue weighted by molar-refractivity contribution is 6.63. The average molecular weight is 348 g/mol. The second kappa shape index (κ2) is 6.76. The number of hydrogen-bond acceptors (Lipinski definition) is 6. The van der Waals surface area contributed by atoms with E-state index in [0.717, 1.165) is 16.3 Å². The van der Waals surface area contributed by atoms with Crippen LogP contribution in [0.3, 0.4) is 0 Å². The molecule has 1 aliphatic rings. The Bertz CT molecular complexity index is 982. The minimum atomic E-state index is -1.06. The van der Waals surface area contributed by atoms with E-state index in [-0.39, 0.29) is 12.5 Å². The van der Waals surface area contributed by atoms with Crippen molar-refractivity contribution in [2.24, 2.45) is 5.73 Å². The Balaban J connectivity index is 1.58. The van der Waals surface area contributed by atoms with E-state index < -0.39 is 13.0 Å². The molecule has 1 unspecified atom stereocenters. The number of nitrogens with one attached hydrogen (secondary N) is 2. The smallest absolute Gasteiger partial charge is 0.422 e. The number of amides is 1. The van der Waals surface area contributed by atoms with Gasteiger partial charge in [-0.1, -0.05) is 18.2 Å². The molecule has 0 saturated carbocycles. The van der Waals surface area contributed by atoms with Crippen LogP contribution in [-0.4, -0.2) is 29.6 Å². The molecule has 1 aromatic heterocycles. The van der Waals surface area contributed by atoms with Gasteiger partial charge in [-0.05, 0) is 35.2 Å². The number of carbonyl (C=O) groups excluding carboxylic acids is 1. The van der Waals surface area contributed by atoms with Gasteiger partial charge in [0.1, 0.15) is 0 Å². The zero-order valence-corrected chi connectivity index (χ0v) is 13.8. The summed E-state index contributed by atoms with van der Waals surface area (Å²) in [6.45, 7) is 0.145. The molecule has 2 aromatic carbocycles. The fourth-order valence-electron chi connectivity index (χ4n) is 3.06. The second-order valence-corrected chi connectivity index (χ2v) is 6.13. The zero-order chi connectivity index (χ0) is 18.1. The van der Waals surface area contributed by atoms with Crippen LogP contribution in [0.15, 0.2) is 54.9 Å². The lowest BCUT2D eigenvalue weighted by Crippen LogP contribution is -2.31. The molecule has 3 aromatic rings. The summed E-state index contributed by atoms with van der Waals surface area (Å²) in [6.07, 6.45) is 3.48. The first-order valence-electron chi connectivity index (χ1n) is 8.24. The van der Waals surface area contributed by atoms with E-state index in [9.17, 15) is 9.82 Å². The summed E-state index contributed by atoms with van der Waals surface area (Å²) in [7, 11) is -1.06. The van der Waals surface area contributed by atoms with E-state index in [1.807, 2.05) is 24.3 Å². The molecule has 0 radical (unpaired) electrons. The average Bonchev–Trinajstić information content (AvgIpc) is 3.03. The van der Waals surface area contributed by atoms with Gasteiger partial charge in [-0.3, -0.25) is 20.0 Å². The van der Waals surface area contributed by atoms with E-state index in [1.54, 1.807) is 30.6 Å². The summed E-state index contributed by atoms with van der Waals surface area (Å²) < 4.78 is 4.96. The highest BCUT2D eigenvalue weighted by Crippen LogP contribution is 2.23. The molecule has 130 valence electrons. The third-order valence-corrected chi connectivity index (χ3v) is 4.48. The van der Waals surface area contributed by atoms with Crippen LogP contribution in [0.1, 0.15) is 11.5 Å². The Morgan fingerprint density at radius 3 is 3.00 bits per heavy atom. The molecule has 1 amide bonds. The summed E-state index contributed by atoms with van der Waals surface area (Å²) in [5.41, 5.74) is 11.2. The standard InChI is InChI=1S/C18H17BN4O3/c20-9-15(12-2-4-17-16(8-12)19(25)26-23-17)18(24)22-14-3-1-13-10-21-6-5-11(13)7-14/h1-8,10,15,23,25H,9,20H2,(H,22,24). The van der Waals surface area contributed by atoms with Crippen molar-refractivity contribution in [3.63, 3.8) is 0 Å². The summed E-state index contributed by atoms with van der Waals surface area (Å²) in [4.78, 5) is 16.8. The molecule has 7 nitrogen and oxygen atoms in total. The number of aromatic nitrogens is 1. The lowest BCUT2D eigenvalue weighted by atomic mass is 9.78. The van der Waals surface area contributed by atoms with Crippen molar-refractivity contribution in [3.8, 4) is 0 Å². The van der Waals surface area contributed by atoms with Crippen LogP contribution in [0.4, 0.5) is 11.4 Å². The Kier molecular flexibility index (Phi) is 4.30. The van der Waals surface area contributed by atoms with Crippen molar-refractivity contribution >= 4 is 40.6 Å². The predicted octanol–water partition coefficient (Wildman–Crippen LogP) is 0.960. The van der Waals surface area contributed by atoms with Crippen molar-refractivity contribution < 1.29 is 14.6 Å². The summed E-state index contributed by atoms with van der Waals surface area (Å²) in [5.74, 6) is -0.747. The number of nitrogens with two attached hydrogens (primary N) is 1. The van der Waals surface area contributed by atoms with Gasteiger partial charge in [-0.15, -0.1) is 0 Å². The summed E-state index contributed by atoms with van der Waals surface area (Å²) in [6, 6.07) is 12.8. The monoisotopic (exact) mass is 348 g/mol. The summed E-state index contributed by atoms with van der Waals surface area (Å²) >= 11 is 0. The molecule has 1 atom stereocenters. The van der Waals surface area contributed by atoms with Gasteiger partial charge in [0.05, 0.1) is 11.6 Å². The first-order valence-corrected chi connectivity index (χ1v) is 8.24. The number of anilines is 2. The maximum atomic E-state index is 12.7. The van der Waals surface area contributed by atoms with Crippen LogP contribution in [-0.2, 0) is 9.55 Å². The molecule has 2 heterocycles. The van der Waals surface area contributed by atoms with Crippen LogP contribution < -0.4 is 22.0 Å². The highest BCUT2D eigenvalue weighted by atomic mass is 16.7. The molecular weight excluding hydrogens is 331 g/mol. The number of nitrogens with zero attached hydrogens (tertiary/aromatic N) is 1. The van der Waals surface area contributed by atoms with Gasteiger partial charge in [-0.25, -0.2) is 0 Å². The molecule has 1 aliphatic heterocycles. The van der Waals surface area contributed by atoms with Crippen LogP contribution in [0, 0.1) is 0 Å². The summed E-state index contributed by atoms with van der Waals surface area (Å²) in [5, 5.41) is 14.7. The number of pyridine rings is 1. The third kappa shape index (κ3) is 3.01. The van der Waals surface area contributed by atoms with Gasteiger partial charge in [-0.2, -0.15) is 0 Å². The Hall–Kier alpha value is -2.94. The van der Waals surface area contributed by atoms with Gasteiger partial charge in [0.15, 0.2) is 0 Å². The van der Waals surface area contributed by atoms with E-state index in [1.165, 1.54) is 0 Å². The molecule has 0 spiro atoms. The topological polar surface area (TPSA) is 110 Å². The zero-order valence-electron chi connectivity index (χ0n) is 13.8. The number of benzene rings is 2. The Labute approximate surface area is 150 Å². The molecule has 4 rings (SSSR count). The van der Waals surface area contributed by atoms with Crippen LogP contribution in [0.25, 0.3) is 10.8 Å². The van der Waals surface area contributed by atoms with Crippen LogP contribution >= 0.6 is 0 Å². The van der Waals surface area contributed by atoms with Gasteiger partial charge in [0.2, 0.25) is 5.91 Å². The third-order valence-electron chi connectivity index (χ3n) is 4.48. The first-order chi connectivity index (χ1) is 12.7. The first kappa shape index (κ1) is 16.5. The molecule has 0 aliphatic carbocycles. The Morgan fingerprint density at radius 1 is 1.27 bits per heavy atom. The van der Waals surface area contributed by atoms with Crippen molar-refractivity contribution in [3.05, 3.63) is 60.4 Å². The fourth-order valence-corrected chi connectivity index (χ4v) is 3.06. The maximum Gasteiger partial charge on any atom is 0.516 e. The molecule has 0 saturated heterocycles. The van der Waals surface area contributed by atoms with Gasteiger partial charge < -0.3 is 16.1 Å². The number of hydrogen-bond donors (Lipinski definition) is 4. The molecule has 0 fully saturated rings. The van der Waals surface area contributed by atoms with Crippen LogP contribution in [0.5, 0.6) is 0 Å². The van der Waals surface area contributed by atoms with Gasteiger partial charge in [0, 0.05) is 35.5 Å². The van der Waals surface area contributed by atoms with Crippen molar-refractivity contribution in [2.75, 3.05) is 17.3 Å². The predicted molar refractivity (Wildman–Crippen MR) is 101 cm³/mol.